The second kappa shape index (κ2) is 7.74. The quantitative estimate of drug-likeness (QED) is 0.528. The van der Waals surface area contributed by atoms with Crippen LogP contribution in [0.1, 0.15) is 25.7 Å². The number of ketones is 1. The fourth-order valence-corrected chi connectivity index (χ4v) is 3.63. The van der Waals surface area contributed by atoms with Gasteiger partial charge >= 0.3 is 0 Å². The highest BCUT2D eigenvalue weighted by Gasteiger charge is 2.28. The van der Waals surface area contributed by atoms with Crippen LogP contribution in [0, 0.1) is 0 Å². The van der Waals surface area contributed by atoms with Crippen LogP contribution >= 0.6 is 0 Å². The summed E-state index contributed by atoms with van der Waals surface area (Å²) >= 11 is 0. The predicted octanol–water partition coefficient (Wildman–Crippen LogP) is 4.36. The number of Topliss-reactive ketones (excluding diaryl/α,β-unsaturated/α-hetero) is 1. The first-order valence-corrected chi connectivity index (χ1v) is 11.4. The van der Waals surface area contributed by atoms with Crippen LogP contribution in [-0.2, 0) is 9.22 Å². The molecule has 120 valence electrons. The normalized spacial score (nSPS) is 18.4. The lowest BCUT2D eigenvalue weighted by molar-refractivity contribution is -0.115. The van der Waals surface area contributed by atoms with Crippen molar-refractivity contribution in [2.24, 2.45) is 0 Å². The number of unbranched alkanes of at least 4 members (excludes halogenated alkanes) is 1. The van der Waals surface area contributed by atoms with E-state index >= 15 is 0 Å². The maximum absolute atomic E-state index is 12.0. The molecule has 3 nitrogen and oxygen atoms in total. The van der Waals surface area contributed by atoms with Gasteiger partial charge in [-0.15, -0.1) is 0 Å². The van der Waals surface area contributed by atoms with E-state index in [9.17, 15) is 4.79 Å². The minimum absolute atomic E-state index is 0.00901. The van der Waals surface area contributed by atoms with E-state index in [1.807, 2.05) is 36.4 Å². The lowest BCUT2D eigenvalue weighted by Gasteiger charge is -2.21. The van der Waals surface area contributed by atoms with Gasteiger partial charge in [0.25, 0.3) is 0 Å². The summed E-state index contributed by atoms with van der Waals surface area (Å²) in [6.45, 7) is 7.17. The highest BCUT2D eigenvalue weighted by Crippen LogP contribution is 2.24. The van der Waals surface area contributed by atoms with Gasteiger partial charge in [-0.1, -0.05) is 18.2 Å². The van der Waals surface area contributed by atoms with Gasteiger partial charge in [0.1, 0.15) is 5.75 Å². The number of benzene rings is 1. The third-order valence-corrected chi connectivity index (χ3v) is 4.50. The number of allylic oxidation sites excluding steroid dienone is 1. The van der Waals surface area contributed by atoms with Crippen molar-refractivity contribution in [1.82, 2.24) is 0 Å². The third-order valence-electron chi connectivity index (χ3n) is 3.49. The molecule has 0 bridgehead atoms. The Bertz CT molecular complexity index is 517. The van der Waals surface area contributed by atoms with Crippen LogP contribution in [0.4, 0.5) is 0 Å². The van der Waals surface area contributed by atoms with Gasteiger partial charge in [-0.05, 0) is 62.7 Å². The number of carbonyl (C=O) groups is 1. The van der Waals surface area contributed by atoms with E-state index in [2.05, 4.69) is 19.6 Å². The fourth-order valence-electron chi connectivity index (χ4n) is 2.57. The Morgan fingerprint density at radius 1 is 1.14 bits per heavy atom. The van der Waals surface area contributed by atoms with Gasteiger partial charge < -0.3 is 9.16 Å². The van der Waals surface area contributed by atoms with E-state index in [-0.39, 0.29) is 11.9 Å². The Labute approximate surface area is 134 Å². The van der Waals surface area contributed by atoms with Gasteiger partial charge in [0, 0.05) is 6.42 Å². The fraction of sp³-hybridized carbons (Fsp3) is 0.500. The molecule has 1 atom stereocenters. The number of hydrogen-bond donors (Lipinski definition) is 0. The zero-order valence-corrected chi connectivity index (χ0v) is 14.8. The standard InChI is InChI=1S/C18H26O3Si/c1-22(2,3)21-17-13-15(18(19)14-17)9-7-8-12-20-16-10-5-4-6-11-16/h4-6,10-11,13,17H,7-9,12,14H2,1-3H3. The first kappa shape index (κ1) is 17.0. The van der Waals surface area contributed by atoms with Crippen molar-refractivity contribution in [3.05, 3.63) is 42.0 Å². The maximum atomic E-state index is 12.0. The smallest absolute Gasteiger partial charge is 0.184 e. The minimum Gasteiger partial charge on any atom is -0.494 e. The molecule has 1 aliphatic carbocycles. The van der Waals surface area contributed by atoms with Gasteiger partial charge in [0.15, 0.2) is 14.1 Å². The number of ether oxygens (including phenoxy) is 1. The molecule has 0 fully saturated rings. The SMILES string of the molecule is C[Si](C)(C)OC1C=C(CCCCOc2ccccc2)C(=O)C1. The summed E-state index contributed by atoms with van der Waals surface area (Å²) in [5.74, 6) is 1.16. The monoisotopic (exact) mass is 318 g/mol. The molecule has 1 aromatic rings. The van der Waals surface area contributed by atoms with Crippen molar-refractivity contribution >= 4 is 14.1 Å². The molecule has 2 rings (SSSR count). The molecule has 0 aliphatic heterocycles. The molecule has 0 aromatic heterocycles. The van der Waals surface area contributed by atoms with E-state index in [4.69, 9.17) is 9.16 Å². The summed E-state index contributed by atoms with van der Waals surface area (Å²) < 4.78 is 11.7. The Kier molecular flexibility index (Phi) is 5.97. The van der Waals surface area contributed by atoms with Crippen molar-refractivity contribution in [3.8, 4) is 5.75 Å². The number of para-hydroxylation sites is 1. The van der Waals surface area contributed by atoms with Crippen molar-refractivity contribution in [2.75, 3.05) is 6.61 Å². The average molecular weight is 318 g/mol. The molecule has 22 heavy (non-hydrogen) atoms. The van der Waals surface area contributed by atoms with Crippen LogP contribution in [0.15, 0.2) is 42.0 Å². The van der Waals surface area contributed by atoms with Crippen molar-refractivity contribution in [3.63, 3.8) is 0 Å². The molecular formula is C18H26O3Si. The number of carbonyl (C=O) groups excluding carboxylic acids is 1. The molecule has 1 aromatic carbocycles. The summed E-state index contributed by atoms with van der Waals surface area (Å²) in [7, 11) is -1.58. The highest BCUT2D eigenvalue weighted by molar-refractivity contribution is 6.69. The zero-order chi connectivity index (χ0) is 16.0. The molecule has 0 amide bonds. The molecule has 0 saturated heterocycles. The summed E-state index contributed by atoms with van der Waals surface area (Å²) in [5, 5.41) is 0. The van der Waals surface area contributed by atoms with Gasteiger partial charge in [-0.2, -0.15) is 0 Å². The summed E-state index contributed by atoms with van der Waals surface area (Å²) in [6, 6.07) is 9.83. The zero-order valence-electron chi connectivity index (χ0n) is 13.8. The molecular weight excluding hydrogens is 292 g/mol. The molecule has 0 spiro atoms. The van der Waals surface area contributed by atoms with Crippen molar-refractivity contribution < 1.29 is 14.0 Å². The van der Waals surface area contributed by atoms with E-state index in [1.165, 1.54) is 0 Å². The first-order chi connectivity index (χ1) is 10.4. The molecule has 0 radical (unpaired) electrons. The Balaban J connectivity index is 1.68. The summed E-state index contributed by atoms with van der Waals surface area (Å²) in [5.41, 5.74) is 0.947. The van der Waals surface area contributed by atoms with Crippen molar-refractivity contribution in [1.29, 1.82) is 0 Å². The van der Waals surface area contributed by atoms with E-state index in [0.717, 1.165) is 30.6 Å². The molecule has 0 heterocycles. The predicted molar refractivity (Wildman–Crippen MR) is 91.7 cm³/mol. The van der Waals surface area contributed by atoms with Crippen LogP contribution < -0.4 is 4.74 Å². The van der Waals surface area contributed by atoms with Crippen LogP contribution in [-0.4, -0.2) is 26.8 Å². The topological polar surface area (TPSA) is 35.5 Å². The lowest BCUT2D eigenvalue weighted by atomic mass is 10.1. The maximum Gasteiger partial charge on any atom is 0.184 e. The average Bonchev–Trinajstić information content (AvgIpc) is 2.77. The second-order valence-corrected chi connectivity index (χ2v) is 11.2. The van der Waals surface area contributed by atoms with Crippen LogP contribution in [0.5, 0.6) is 5.75 Å². The van der Waals surface area contributed by atoms with E-state index in [1.54, 1.807) is 0 Å². The molecule has 0 N–H and O–H groups in total. The Hall–Kier alpha value is -1.39. The highest BCUT2D eigenvalue weighted by atomic mass is 28.4. The van der Waals surface area contributed by atoms with Crippen LogP contribution in [0.2, 0.25) is 19.6 Å². The number of rotatable bonds is 8. The van der Waals surface area contributed by atoms with Crippen molar-refractivity contribution in [2.45, 2.75) is 51.4 Å². The molecule has 1 aliphatic rings. The summed E-state index contributed by atoms with van der Waals surface area (Å²) in [4.78, 5) is 12.0. The Morgan fingerprint density at radius 2 is 1.86 bits per heavy atom. The molecule has 4 heteroatoms. The third kappa shape index (κ3) is 5.77. The molecule has 0 saturated carbocycles. The van der Waals surface area contributed by atoms with E-state index in [0.29, 0.717) is 13.0 Å². The lowest BCUT2D eigenvalue weighted by Crippen LogP contribution is -2.30. The van der Waals surface area contributed by atoms with Gasteiger partial charge in [0.05, 0.1) is 12.7 Å². The van der Waals surface area contributed by atoms with Gasteiger partial charge in [-0.25, -0.2) is 0 Å². The largest absolute Gasteiger partial charge is 0.494 e. The Morgan fingerprint density at radius 3 is 2.55 bits per heavy atom. The van der Waals surface area contributed by atoms with Gasteiger partial charge in [0.2, 0.25) is 0 Å². The van der Waals surface area contributed by atoms with E-state index < -0.39 is 8.32 Å². The van der Waals surface area contributed by atoms with Gasteiger partial charge in [-0.3, -0.25) is 4.79 Å². The number of hydrogen-bond acceptors (Lipinski definition) is 3. The minimum atomic E-state index is -1.58. The second-order valence-electron chi connectivity index (χ2n) is 6.71. The first-order valence-electron chi connectivity index (χ1n) is 8.03. The molecule has 1 unspecified atom stereocenters. The summed E-state index contributed by atoms with van der Waals surface area (Å²) in [6.07, 6.45) is 5.35. The van der Waals surface area contributed by atoms with Crippen LogP contribution in [0.3, 0.4) is 0 Å². The van der Waals surface area contributed by atoms with Crippen LogP contribution in [0.25, 0.3) is 0 Å².